The van der Waals surface area contributed by atoms with Crippen LogP contribution >= 0.6 is 0 Å². The molecule has 1 aromatic rings. The predicted octanol–water partition coefficient (Wildman–Crippen LogP) is 7.33. The van der Waals surface area contributed by atoms with Crippen molar-refractivity contribution in [2.24, 2.45) is 50.7 Å². The lowest BCUT2D eigenvalue weighted by atomic mass is 9.32. The van der Waals surface area contributed by atoms with Crippen LogP contribution in [-0.2, 0) is 25.5 Å². The van der Waals surface area contributed by atoms with E-state index in [1.165, 1.54) is 26.4 Å². The molecule has 1 aromatic carbocycles. The van der Waals surface area contributed by atoms with Gasteiger partial charge in [-0.25, -0.2) is 4.79 Å². The van der Waals surface area contributed by atoms with E-state index in [0.29, 0.717) is 36.3 Å². The van der Waals surface area contributed by atoms with Gasteiger partial charge >= 0.3 is 11.9 Å². The van der Waals surface area contributed by atoms with Gasteiger partial charge in [0.05, 0.1) is 18.6 Å². The van der Waals surface area contributed by atoms with Gasteiger partial charge in [-0.15, -0.1) is 0 Å². The van der Waals surface area contributed by atoms with Gasteiger partial charge in [0, 0.05) is 18.5 Å². The van der Waals surface area contributed by atoms with Gasteiger partial charge in [-0.1, -0.05) is 67.0 Å². The summed E-state index contributed by atoms with van der Waals surface area (Å²) in [6.07, 6.45) is 10.6. The Labute approximate surface area is 311 Å². The van der Waals surface area contributed by atoms with Gasteiger partial charge in [-0.3, -0.25) is 14.4 Å². The van der Waals surface area contributed by atoms with Crippen LogP contribution in [0.3, 0.4) is 0 Å². The van der Waals surface area contributed by atoms with E-state index in [9.17, 15) is 29.4 Å². The number of carbonyl (C=O) groups is 4. The summed E-state index contributed by atoms with van der Waals surface area (Å²) in [5.74, 6) is -0.245. The molecule has 4 aliphatic rings. The molecule has 0 spiro atoms. The van der Waals surface area contributed by atoms with E-state index in [0.717, 1.165) is 50.5 Å². The second kappa shape index (κ2) is 15.1. The number of hydrogen-bond donors (Lipinski definition) is 4. The lowest BCUT2D eigenvalue weighted by Gasteiger charge is -2.72. The Kier molecular flexibility index (Phi) is 11.7. The number of aliphatic hydroxyl groups excluding tert-OH is 1. The maximum atomic E-state index is 14.4. The molecule has 0 saturated heterocycles. The number of ether oxygens (including phenoxy) is 1. The number of benzene rings is 1. The molecule has 0 aliphatic heterocycles. The first-order chi connectivity index (χ1) is 24.4. The second-order valence-electron chi connectivity index (χ2n) is 18.4. The Morgan fingerprint density at radius 2 is 1.67 bits per heavy atom. The average Bonchev–Trinajstić information content (AvgIpc) is 3.10. The minimum absolute atomic E-state index is 0.0652. The monoisotopic (exact) mass is 722 g/mol. The van der Waals surface area contributed by atoms with Crippen LogP contribution in [0.1, 0.15) is 141 Å². The van der Waals surface area contributed by atoms with Crippen LogP contribution in [0.5, 0.6) is 0 Å². The molecule has 9 unspecified atom stereocenters. The molecule has 4 N–H and O–H groups in total. The van der Waals surface area contributed by atoms with Gasteiger partial charge in [-0.2, -0.15) is 0 Å². The van der Waals surface area contributed by atoms with E-state index in [4.69, 9.17) is 0 Å². The smallest absolute Gasteiger partial charge is 0.326 e. The van der Waals surface area contributed by atoms with E-state index in [1.807, 2.05) is 6.07 Å². The lowest BCUT2D eigenvalue weighted by Crippen LogP contribution is -2.67. The third kappa shape index (κ3) is 6.81. The minimum Gasteiger partial charge on any atom is -0.480 e. The fourth-order valence-electron chi connectivity index (χ4n) is 12.8. The van der Waals surface area contributed by atoms with E-state index >= 15 is 0 Å². The van der Waals surface area contributed by atoms with E-state index in [2.05, 4.69) is 63.8 Å². The van der Waals surface area contributed by atoms with Crippen LogP contribution in [-0.4, -0.2) is 59.8 Å². The summed E-state index contributed by atoms with van der Waals surface area (Å²) >= 11 is 0. The molecule has 9 nitrogen and oxygen atoms in total. The van der Waals surface area contributed by atoms with Crippen molar-refractivity contribution in [2.75, 3.05) is 13.7 Å². The summed E-state index contributed by atoms with van der Waals surface area (Å²) in [6, 6.07) is 5.83. The summed E-state index contributed by atoms with van der Waals surface area (Å²) in [4.78, 5) is 50.6. The third-order valence-corrected chi connectivity index (χ3v) is 16.0. The number of carboxylic acid groups (broad SMARTS) is 1. The molecule has 4 saturated carbocycles. The molecule has 2 amide bonds. The molecule has 4 fully saturated rings. The van der Waals surface area contributed by atoms with Crippen LogP contribution in [0.15, 0.2) is 24.3 Å². The fraction of sp³-hybridized carbons (Fsp3) is 0.767. The Morgan fingerprint density at radius 1 is 0.942 bits per heavy atom. The number of methoxy groups -OCH3 is 1. The van der Waals surface area contributed by atoms with Crippen LogP contribution in [0.25, 0.3) is 0 Å². The number of rotatable bonds is 12. The lowest BCUT2D eigenvalue weighted by molar-refractivity contribution is -0.246. The van der Waals surface area contributed by atoms with Crippen LogP contribution in [0.2, 0.25) is 0 Å². The zero-order valence-electron chi connectivity index (χ0n) is 33.1. The SMILES string of the molecule is CCCC1(C(=O)NCCc2cccc(C(=O)NC(CCC(=O)OC)C(=O)O)c2)CC[C@]2(C)C(CCC3C4(C)CCC(O)C(C)(C)C4CCC32C)C1C. The van der Waals surface area contributed by atoms with Gasteiger partial charge in [-0.05, 0) is 134 Å². The summed E-state index contributed by atoms with van der Waals surface area (Å²) < 4.78 is 4.60. The van der Waals surface area contributed by atoms with Crippen molar-refractivity contribution < 1.29 is 34.1 Å². The molecule has 5 rings (SSSR count). The quantitative estimate of drug-likeness (QED) is 0.166. The summed E-state index contributed by atoms with van der Waals surface area (Å²) in [7, 11) is 1.24. The van der Waals surface area contributed by atoms with Crippen LogP contribution < -0.4 is 10.6 Å². The van der Waals surface area contributed by atoms with Crippen molar-refractivity contribution >= 4 is 23.8 Å². The molecule has 0 bridgehead atoms. The molecule has 0 radical (unpaired) electrons. The second-order valence-corrected chi connectivity index (χ2v) is 18.4. The molecular formula is C43H66N2O7. The number of carbonyl (C=O) groups excluding carboxylic acids is 3. The molecule has 290 valence electrons. The Morgan fingerprint density at radius 3 is 2.35 bits per heavy atom. The van der Waals surface area contributed by atoms with Gasteiger partial charge in [0.15, 0.2) is 0 Å². The molecule has 52 heavy (non-hydrogen) atoms. The first kappa shape index (κ1) is 40.2. The number of esters is 1. The maximum Gasteiger partial charge on any atom is 0.326 e. The van der Waals surface area contributed by atoms with Crippen molar-refractivity contribution in [3.63, 3.8) is 0 Å². The van der Waals surface area contributed by atoms with E-state index in [-0.39, 0.29) is 52.4 Å². The van der Waals surface area contributed by atoms with E-state index in [1.54, 1.807) is 18.2 Å². The summed E-state index contributed by atoms with van der Waals surface area (Å²) in [5, 5.41) is 26.5. The number of fused-ring (bicyclic) bond motifs is 5. The molecule has 4 aliphatic carbocycles. The maximum absolute atomic E-state index is 14.4. The number of aliphatic hydroxyl groups is 1. The van der Waals surface area contributed by atoms with Crippen LogP contribution in [0.4, 0.5) is 0 Å². The van der Waals surface area contributed by atoms with Crippen molar-refractivity contribution in [2.45, 2.75) is 144 Å². The third-order valence-electron chi connectivity index (χ3n) is 16.0. The van der Waals surface area contributed by atoms with Crippen molar-refractivity contribution in [1.29, 1.82) is 0 Å². The predicted molar refractivity (Wildman–Crippen MR) is 201 cm³/mol. The highest BCUT2D eigenvalue weighted by molar-refractivity contribution is 5.96. The zero-order chi connectivity index (χ0) is 38.3. The van der Waals surface area contributed by atoms with Crippen LogP contribution in [0, 0.1) is 50.7 Å². The summed E-state index contributed by atoms with van der Waals surface area (Å²) in [5.41, 5.74) is 1.30. The molecule has 0 heterocycles. The number of hydrogen-bond acceptors (Lipinski definition) is 6. The largest absolute Gasteiger partial charge is 0.480 e. The highest BCUT2D eigenvalue weighted by Crippen LogP contribution is 2.75. The normalized spacial score (nSPS) is 37.0. The summed E-state index contributed by atoms with van der Waals surface area (Å²) in [6.45, 7) is 17.3. The standard InChI is InChI=1S/C43H66N2O7/c1-9-20-43(38(51)44-25-19-28-11-10-12-29(26-28)36(48)45-31(37(49)50)14-16-35(47)52-8)24-23-41(6)30(27(43)2)13-15-33-40(5)21-18-34(46)39(3,4)32(40)17-22-42(33,41)7/h10-12,26-27,30-34,46H,9,13-25H2,1-8H3,(H,44,51)(H,45,48)(H,49,50)/t27?,30?,31?,32?,33?,34?,40?,41-,42?,43?/m1/s1. The Bertz CT molecular complexity index is 1510. The van der Waals surface area contributed by atoms with Crippen molar-refractivity contribution in [1.82, 2.24) is 10.6 Å². The fourth-order valence-corrected chi connectivity index (χ4v) is 12.8. The Balaban J connectivity index is 1.26. The highest BCUT2D eigenvalue weighted by atomic mass is 16.5. The van der Waals surface area contributed by atoms with E-state index < -0.39 is 29.3 Å². The number of carboxylic acids is 1. The van der Waals surface area contributed by atoms with Gasteiger partial charge in [0.2, 0.25) is 5.91 Å². The van der Waals surface area contributed by atoms with Gasteiger partial charge in [0.25, 0.3) is 5.91 Å². The number of nitrogens with one attached hydrogen (secondary N) is 2. The first-order valence-corrected chi connectivity index (χ1v) is 20.1. The number of aliphatic carboxylic acids is 1. The first-order valence-electron chi connectivity index (χ1n) is 20.1. The van der Waals surface area contributed by atoms with Crippen molar-refractivity contribution in [3.05, 3.63) is 35.4 Å². The molecular weight excluding hydrogens is 656 g/mol. The topological polar surface area (TPSA) is 142 Å². The Hall–Kier alpha value is -2.94. The molecule has 9 heteroatoms. The number of amides is 2. The highest BCUT2D eigenvalue weighted by Gasteiger charge is 2.69. The molecule has 0 aromatic heterocycles. The van der Waals surface area contributed by atoms with Gasteiger partial charge < -0.3 is 25.6 Å². The van der Waals surface area contributed by atoms with Gasteiger partial charge in [0.1, 0.15) is 6.04 Å². The molecule has 10 atom stereocenters. The minimum atomic E-state index is -1.22. The average molecular weight is 723 g/mol. The van der Waals surface area contributed by atoms with Crippen molar-refractivity contribution in [3.8, 4) is 0 Å². The zero-order valence-corrected chi connectivity index (χ0v) is 33.1.